The molecule has 2 saturated heterocycles. The van der Waals surface area contributed by atoms with E-state index in [1.165, 1.54) is 0 Å². The Labute approximate surface area is 147 Å². The number of hydrogen-bond acceptors (Lipinski definition) is 5. The van der Waals surface area contributed by atoms with Crippen LogP contribution in [0.15, 0.2) is 36.8 Å². The number of pyridine rings is 1. The number of aromatic nitrogens is 3. The molecule has 2 aliphatic rings. The van der Waals surface area contributed by atoms with E-state index in [2.05, 4.69) is 33.0 Å². The van der Waals surface area contributed by atoms with Gasteiger partial charge in [0.2, 0.25) is 5.91 Å². The summed E-state index contributed by atoms with van der Waals surface area (Å²) in [6.45, 7) is 4.00. The molecule has 7 heteroatoms. The molecule has 0 unspecified atom stereocenters. The number of hydrogen-bond donors (Lipinski definition) is 0. The van der Waals surface area contributed by atoms with E-state index >= 15 is 0 Å². The van der Waals surface area contributed by atoms with Gasteiger partial charge in [0.05, 0.1) is 29.7 Å². The van der Waals surface area contributed by atoms with Gasteiger partial charge in [-0.05, 0) is 25.6 Å². The number of nitrogens with zero attached hydrogens (tertiary/aromatic N) is 6. The number of aryl methyl sites for hydroxylation is 1. The van der Waals surface area contributed by atoms with Crippen LogP contribution in [0.3, 0.4) is 0 Å². The number of anilines is 1. The molecule has 1 atom stereocenters. The SMILES string of the molecule is CN1CC(=O)N(c2cnn(C)c2)C[C@@]12CCN(Cc1ccccn1)C2. The maximum absolute atomic E-state index is 12.6. The molecule has 4 rings (SSSR count). The first kappa shape index (κ1) is 16.2. The molecule has 0 N–H and O–H groups in total. The molecule has 25 heavy (non-hydrogen) atoms. The predicted molar refractivity (Wildman–Crippen MR) is 95.1 cm³/mol. The summed E-state index contributed by atoms with van der Waals surface area (Å²) in [5.41, 5.74) is 1.99. The van der Waals surface area contributed by atoms with Crippen LogP contribution in [0.5, 0.6) is 0 Å². The Morgan fingerprint density at radius 1 is 1.24 bits per heavy atom. The molecule has 2 aromatic heterocycles. The summed E-state index contributed by atoms with van der Waals surface area (Å²) in [6, 6.07) is 6.05. The van der Waals surface area contributed by atoms with E-state index in [-0.39, 0.29) is 11.4 Å². The fraction of sp³-hybridized carbons (Fsp3) is 0.500. The second kappa shape index (κ2) is 6.24. The third-order valence-electron chi connectivity index (χ3n) is 5.46. The molecule has 2 fully saturated rings. The fourth-order valence-electron chi connectivity index (χ4n) is 3.98. The van der Waals surface area contributed by atoms with Crippen LogP contribution < -0.4 is 4.90 Å². The first-order valence-corrected chi connectivity index (χ1v) is 8.68. The van der Waals surface area contributed by atoms with Crippen LogP contribution in [0, 0.1) is 0 Å². The maximum atomic E-state index is 12.6. The summed E-state index contributed by atoms with van der Waals surface area (Å²) >= 11 is 0. The number of likely N-dealkylation sites (tertiary alicyclic amines) is 1. The van der Waals surface area contributed by atoms with Crippen molar-refractivity contribution in [3.63, 3.8) is 0 Å². The predicted octanol–water partition coefficient (Wildman–Crippen LogP) is 0.738. The zero-order valence-electron chi connectivity index (χ0n) is 14.8. The average Bonchev–Trinajstić information content (AvgIpc) is 3.20. The van der Waals surface area contributed by atoms with Crippen LogP contribution in [-0.2, 0) is 18.4 Å². The highest BCUT2D eigenvalue weighted by molar-refractivity contribution is 5.95. The number of carbonyl (C=O) groups is 1. The topological polar surface area (TPSA) is 57.5 Å². The minimum absolute atomic E-state index is 0.00146. The summed E-state index contributed by atoms with van der Waals surface area (Å²) in [7, 11) is 3.95. The number of piperazine rings is 1. The second-order valence-electron chi connectivity index (χ2n) is 7.21. The molecule has 2 aromatic rings. The van der Waals surface area contributed by atoms with E-state index in [1.807, 2.05) is 36.5 Å². The Bertz CT molecular complexity index is 760. The van der Waals surface area contributed by atoms with Gasteiger partial charge in [0.25, 0.3) is 0 Å². The smallest absolute Gasteiger partial charge is 0.241 e. The summed E-state index contributed by atoms with van der Waals surface area (Å²) in [5.74, 6) is 0.143. The largest absolute Gasteiger partial charge is 0.306 e. The van der Waals surface area contributed by atoms with Gasteiger partial charge < -0.3 is 4.90 Å². The van der Waals surface area contributed by atoms with E-state index in [1.54, 1.807) is 10.9 Å². The number of amides is 1. The van der Waals surface area contributed by atoms with Gasteiger partial charge in [-0.3, -0.25) is 24.3 Å². The van der Waals surface area contributed by atoms with Crippen LogP contribution in [-0.4, -0.2) is 69.2 Å². The summed E-state index contributed by atoms with van der Waals surface area (Å²) in [4.78, 5) is 23.6. The lowest BCUT2D eigenvalue weighted by Crippen LogP contribution is -2.64. The summed E-state index contributed by atoms with van der Waals surface area (Å²) < 4.78 is 1.75. The average molecular weight is 340 g/mol. The van der Waals surface area contributed by atoms with E-state index in [0.717, 1.165) is 37.4 Å². The molecule has 0 aliphatic carbocycles. The summed E-state index contributed by atoms with van der Waals surface area (Å²) in [5, 5.41) is 4.22. The molecular formula is C18H24N6O. The quantitative estimate of drug-likeness (QED) is 0.825. The molecule has 0 bridgehead atoms. The maximum Gasteiger partial charge on any atom is 0.241 e. The van der Waals surface area contributed by atoms with Crippen LogP contribution in [0.2, 0.25) is 0 Å². The van der Waals surface area contributed by atoms with Crippen molar-refractivity contribution in [2.45, 2.75) is 18.5 Å². The minimum Gasteiger partial charge on any atom is -0.306 e. The Hall–Kier alpha value is -2.25. The van der Waals surface area contributed by atoms with Crippen molar-refractivity contribution in [2.24, 2.45) is 7.05 Å². The molecule has 1 spiro atoms. The molecule has 1 amide bonds. The first-order chi connectivity index (χ1) is 12.1. The number of carbonyl (C=O) groups excluding carboxylic acids is 1. The Morgan fingerprint density at radius 2 is 2.12 bits per heavy atom. The molecule has 0 saturated carbocycles. The van der Waals surface area contributed by atoms with Crippen molar-refractivity contribution in [1.82, 2.24) is 24.6 Å². The summed E-state index contributed by atoms with van der Waals surface area (Å²) in [6.07, 6.45) is 6.59. The van der Waals surface area contributed by atoms with Crippen molar-refractivity contribution < 1.29 is 4.79 Å². The highest BCUT2D eigenvalue weighted by Gasteiger charge is 2.47. The van der Waals surface area contributed by atoms with E-state index in [9.17, 15) is 4.79 Å². The third kappa shape index (κ3) is 3.05. The van der Waals surface area contributed by atoms with E-state index < -0.39 is 0 Å². The molecule has 4 heterocycles. The van der Waals surface area contributed by atoms with Gasteiger partial charge in [-0.25, -0.2) is 0 Å². The lowest BCUT2D eigenvalue weighted by atomic mass is 9.93. The monoisotopic (exact) mass is 340 g/mol. The Kier molecular flexibility index (Phi) is 4.05. The number of rotatable bonds is 3. The van der Waals surface area contributed by atoms with Crippen LogP contribution >= 0.6 is 0 Å². The fourth-order valence-corrected chi connectivity index (χ4v) is 3.98. The van der Waals surface area contributed by atoms with Crippen molar-refractivity contribution in [3.05, 3.63) is 42.5 Å². The van der Waals surface area contributed by atoms with Gasteiger partial charge in [-0.1, -0.05) is 6.07 Å². The lowest BCUT2D eigenvalue weighted by Gasteiger charge is -2.46. The standard InChI is InChI=1S/C18H24N6O/c1-21-12-17(25)24(16-9-20-22(2)11-16)14-18(21)6-8-23(13-18)10-15-5-3-4-7-19-15/h3-5,7,9,11H,6,8,10,12-14H2,1-2H3/t18-/m0/s1. The first-order valence-electron chi connectivity index (χ1n) is 8.68. The van der Waals surface area contributed by atoms with Gasteiger partial charge in [0.1, 0.15) is 0 Å². The van der Waals surface area contributed by atoms with E-state index in [0.29, 0.717) is 13.1 Å². The van der Waals surface area contributed by atoms with Crippen LogP contribution in [0.1, 0.15) is 12.1 Å². The van der Waals surface area contributed by atoms with Crippen LogP contribution in [0.4, 0.5) is 5.69 Å². The van der Waals surface area contributed by atoms with Crippen molar-refractivity contribution in [3.8, 4) is 0 Å². The zero-order chi connectivity index (χ0) is 17.4. The van der Waals surface area contributed by atoms with Gasteiger partial charge in [0.15, 0.2) is 0 Å². The highest BCUT2D eigenvalue weighted by Crippen LogP contribution is 2.33. The van der Waals surface area contributed by atoms with Gasteiger partial charge >= 0.3 is 0 Å². The molecule has 132 valence electrons. The molecular weight excluding hydrogens is 316 g/mol. The molecule has 0 radical (unpaired) electrons. The van der Waals surface area contributed by atoms with Crippen molar-refractivity contribution in [1.29, 1.82) is 0 Å². The minimum atomic E-state index is -0.00146. The lowest BCUT2D eigenvalue weighted by molar-refractivity contribution is -0.123. The molecule has 0 aromatic carbocycles. The van der Waals surface area contributed by atoms with Crippen molar-refractivity contribution >= 4 is 11.6 Å². The highest BCUT2D eigenvalue weighted by atomic mass is 16.2. The normalized spacial score (nSPS) is 25.2. The van der Waals surface area contributed by atoms with Crippen molar-refractivity contribution in [2.75, 3.05) is 38.1 Å². The van der Waals surface area contributed by atoms with Crippen LogP contribution in [0.25, 0.3) is 0 Å². The zero-order valence-corrected chi connectivity index (χ0v) is 14.8. The number of likely N-dealkylation sites (N-methyl/N-ethyl adjacent to an activating group) is 1. The second-order valence-corrected chi connectivity index (χ2v) is 7.21. The Balaban J connectivity index is 1.51. The molecule has 2 aliphatic heterocycles. The van der Waals surface area contributed by atoms with Gasteiger partial charge in [-0.2, -0.15) is 5.10 Å². The van der Waals surface area contributed by atoms with Gasteiger partial charge in [-0.15, -0.1) is 0 Å². The van der Waals surface area contributed by atoms with E-state index in [4.69, 9.17) is 0 Å². The molecule has 7 nitrogen and oxygen atoms in total. The Morgan fingerprint density at radius 3 is 2.84 bits per heavy atom. The van der Waals surface area contributed by atoms with Gasteiger partial charge in [0, 0.05) is 45.6 Å². The third-order valence-corrected chi connectivity index (χ3v) is 5.46.